The summed E-state index contributed by atoms with van der Waals surface area (Å²) in [6.07, 6.45) is 5.45. The average Bonchev–Trinajstić information content (AvgIpc) is 3.52. The van der Waals surface area contributed by atoms with Crippen LogP contribution in [0.1, 0.15) is 13.0 Å². The van der Waals surface area contributed by atoms with Gasteiger partial charge in [0.2, 0.25) is 5.91 Å². The number of rotatable bonds is 5. The summed E-state index contributed by atoms with van der Waals surface area (Å²) in [5, 5.41) is 9.11. The van der Waals surface area contributed by atoms with E-state index in [0.29, 0.717) is 17.1 Å². The molecule has 0 bridgehead atoms. The van der Waals surface area contributed by atoms with E-state index in [1.54, 1.807) is 36.5 Å². The van der Waals surface area contributed by atoms with E-state index in [1.165, 1.54) is 12.3 Å². The highest BCUT2D eigenvalue weighted by Gasteiger charge is 2.19. The number of nitrogens with zero attached hydrogens (tertiary/aromatic N) is 4. The minimum atomic E-state index is -0.804. The Hall–Kier alpha value is -3.98. The Kier molecular flexibility index (Phi) is 4.72. The number of imidazole rings is 1. The number of amides is 1. The Bertz CT molecular complexity index is 1390. The summed E-state index contributed by atoms with van der Waals surface area (Å²) in [6.45, 7) is 1.63. The predicted molar refractivity (Wildman–Crippen MR) is 118 cm³/mol. The van der Waals surface area contributed by atoms with Crippen molar-refractivity contribution in [2.24, 2.45) is 0 Å². The van der Waals surface area contributed by atoms with Gasteiger partial charge in [0, 0.05) is 35.1 Å². The van der Waals surface area contributed by atoms with E-state index in [0.717, 1.165) is 20.9 Å². The maximum Gasteiger partial charge on any atom is 0.267 e. The van der Waals surface area contributed by atoms with Gasteiger partial charge in [-0.15, -0.1) is 11.3 Å². The Labute approximate surface area is 180 Å². The van der Waals surface area contributed by atoms with Crippen molar-refractivity contribution in [1.29, 1.82) is 0 Å². The first-order valence-corrected chi connectivity index (χ1v) is 10.4. The minimum Gasteiger partial charge on any atom is -0.463 e. The molecule has 4 heterocycles. The van der Waals surface area contributed by atoms with E-state index in [2.05, 4.69) is 15.4 Å². The molecule has 8 nitrogen and oxygen atoms in total. The number of hydrogen-bond donors (Lipinski definition) is 1. The number of carbonyl (C=O) groups is 1. The molecule has 0 aliphatic heterocycles. The zero-order valence-electron chi connectivity index (χ0n) is 16.4. The number of fused-ring (bicyclic) bond motifs is 1. The second-order valence-corrected chi connectivity index (χ2v) is 7.81. The highest BCUT2D eigenvalue weighted by Crippen LogP contribution is 2.23. The number of benzene rings is 1. The maximum absolute atomic E-state index is 12.8. The lowest BCUT2D eigenvalue weighted by Gasteiger charge is -2.14. The largest absolute Gasteiger partial charge is 0.463 e. The Balaban J connectivity index is 1.33. The summed E-state index contributed by atoms with van der Waals surface area (Å²) in [5.74, 6) is 0.178. The molecule has 154 valence electrons. The molecule has 1 atom stereocenters. The van der Waals surface area contributed by atoms with Crippen molar-refractivity contribution in [2.75, 3.05) is 5.32 Å². The Morgan fingerprint density at radius 1 is 1.13 bits per heavy atom. The van der Waals surface area contributed by atoms with Gasteiger partial charge in [-0.25, -0.2) is 9.67 Å². The number of aromatic nitrogens is 4. The number of nitrogens with one attached hydrogen (secondary N) is 1. The standard InChI is InChI=1S/C22H17N5O3S/c1-14(27-20(28)9-8-17(25-27)19-3-2-11-30-19)21(29)23-16-6-4-15(5-7-16)18-13-26-10-12-31-22(26)24-18/h2-14H,1H3,(H,23,29). The zero-order valence-corrected chi connectivity index (χ0v) is 17.2. The van der Waals surface area contributed by atoms with Gasteiger partial charge in [0.05, 0.1) is 12.0 Å². The lowest BCUT2D eigenvalue weighted by atomic mass is 10.1. The molecule has 0 aliphatic rings. The van der Waals surface area contributed by atoms with Gasteiger partial charge in [-0.2, -0.15) is 5.10 Å². The molecule has 9 heteroatoms. The van der Waals surface area contributed by atoms with Crippen molar-refractivity contribution >= 4 is 27.9 Å². The molecule has 31 heavy (non-hydrogen) atoms. The molecule has 5 rings (SSSR count). The van der Waals surface area contributed by atoms with Crippen LogP contribution in [0.15, 0.2) is 81.8 Å². The Morgan fingerprint density at radius 3 is 2.71 bits per heavy atom. The van der Waals surface area contributed by atoms with E-state index in [9.17, 15) is 9.59 Å². The average molecular weight is 431 g/mol. The van der Waals surface area contributed by atoms with E-state index in [-0.39, 0.29) is 11.5 Å². The normalized spacial score (nSPS) is 12.2. The third kappa shape index (κ3) is 3.66. The van der Waals surface area contributed by atoms with Gasteiger partial charge >= 0.3 is 0 Å². The van der Waals surface area contributed by atoms with E-state index in [1.807, 2.05) is 46.4 Å². The fraction of sp³-hybridized carbons (Fsp3) is 0.0909. The molecular formula is C22H17N5O3S. The second-order valence-electron chi connectivity index (χ2n) is 6.94. The monoisotopic (exact) mass is 431 g/mol. The molecule has 0 spiro atoms. The quantitative estimate of drug-likeness (QED) is 0.453. The number of furan rings is 1. The van der Waals surface area contributed by atoms with Gasteiger partial charge in [-0.1, -0.05) is 12.1 Å². The fourth-order valence-corrected chi connectivity index (χ4v) is 3.91. The lowest BCUT2D eigenvalue weighted by Crippen LogP contribution is -2.33. The molecular weight excluding hydrogens is 414 g/mol. The summed E-state index contributed by atoms with van der Waals surface area (Å²) in [7, 11) is 0. The van der Waals surface area contributed by atoms with Gasteiger partial charge in [0.1, 0.15) is 11.7 Å². The van der Waals surface area contributed by atoms with Crippen LogP contribution < -0.4 is 10.9 Å². The van der Waals surface area contributed by atoms with Crippen LogP contribution in [-0.4, -0.2) is 25.1 Å². The van der Waals surface area contributed by atoms with Crippen molar-refractivity contribution < 1.29 is 9.21 Å². The minimum absolute atomic E-state index is 0.346. The number of anilines is 1. The molecule has 0 saturated heterocycles. The molecule has 0 radical (unpaired) electrons. The first kappa shape index (κ1) is 19.0. The smallest absolute Gasteiger partial charge is 0.267 e. The van der Waals surface area contributed by atoms with E-state index < -0.39 is 6.04 Å². The molecule has 0 aliphatic carbocycles. The summed E-state index contributed by atoms with van der Waals surface area (Å²) >= 11 is 1.57. The van der Waals surface area contributed by atoms with Gasteiger partial charge in [0.15, 0.2) is 10.7 Å². The molecule has 4 aromatic heterocycles. The molecule has 0 fully saturated rings. The predicted octanol–water partition coefficient (Wildman–Crippen LogP) is 4.08. The molecule has 0 saturated carbocycles. The topological polar surface area (TPSA) is 94.4 Å². The van der Waals surface area contributed by atoms with Crippen LogP contribution >= 0.6 is 11.3 Å². The van der Waals surface area contributed by atoms with Crippen molar-refractivity contribution in [3.63, 3.8) is 0 Å². The highest BCUT2D eigenvalue weighted by atomic mass is 32.1. The van der Waals surface area contributed by atoms with Crippen LogP contribution in [0, 0.1) is 0 Å². The first-order chi connectivity index (χ1) is 15.1. The van der Waals surface area contributed by atoms with Crippen LogP contribution in [0.4, 0.5) is 5.69 Å². The SMILES string of the molecule is CC(C(=O)Nc1ccc(-c2cn3ccsc3n2)cc1)n1nc(-c2ccco2)ccc1=O. The van der Waals surface area contributed by atoms with Crippen LogP contribution in [0.5, 0.6) is 0 Å². The third-order valence-electron chi connectivity index (χ3n) is 4.89. The third-order valence-corrected chi connectivity index (χ3v) is 5.66. The van der Waals surface area contributed by atoms with Crippen molar-refractivity contribution in [1.82, 2.24) is 19.2 Å². The summed E-state index contributed by atoms with van der Waals surface area (Å²) < 4.78 is 8.45. The van der Waals surface area contributed by atoms with Crippen molar-refractivity contribution in [2.45, 2.75) is 13.0 Å². The van der Waals surface area contributed by atoms with E-state index in [4.69, 9.17) is 4.42 Å². The summed E-state index contributed by atoms with van der Waals surface area (Å²) in [6, 6.07) is 13.0. The van der Waals surface area contributed by atoms with Gasteiger partial charge in [-0.3, -0.25) is 14.0 Å². The number of thiazole rings is 1. The fourth-order valence-electron chi connectivity index (χ4n) is 3.21. The second kappa shape index (κ2) is 7.69. The van der Waals surface area contributed by atoms with Crippen molar-refractivity contribution in [3.8, 4) is 22.7 Å². The lowest BCUT2D eigenvalue weighted by molar-refractivity contribution is -0.119. The number of hydrogen-bond acceptors (Lipinski definition) is 6. The number of carbonyl (C=O) groups excluding carboxylic acids is 1. The Morgan fingerprint density at radius 2 is 1.97 bits per heavy atom. The summed E-state index contributed by atoms with van der Waals surface area (Å²) in [5.41, 5.74) is 2.55. The van der Waals surface area contributed by atoms with Crippen LogP contribution in [0.25, 0.3) is 27.7 Å². The van der Waals surface area contributed by atoms with Crippen LogP contribution in [0.3, 0.4) is 0 Å². The van der Waals surface area contributed by atoms with Gasteiger partial charge in [0.25, 0.3) is 5.56 Å². The van der Waals surface area contributed by atoms with Crippen LogP contribution in [-0.2, 0) is 4.79 Å². The molecule has 1 amide bonds. The van der Waals surface area contributed by atoms with Crippen molar-refractivity contribution in [3.05, 3.63) is 82.9 Å². The van der Waals surface area contributed by atoms with E-state index >= 15 is 0 Å². The van der Waals surface area contributed by atoms with Gasteiger partial charge < -0.3 is 9.73 Å². The highest BCUT2D eigenvalue weighted by molar-refractivity contribution is 7.15. The van der Waals surface area contributed by atoms with Gasteiger partial charge in [-0.05, 0) is 37.3 Å². The molecule has 1 unspecified atom stereocenters. The molecule has 1 N–H and O–H groups in total. The molecule has 5 aromatic rings. The zero-order chi connectivity index (χ0) is 21.4. The summed E-state index contributed by atoms with van der Waals surface area (Å²) in [4.78, 5) is 30.5. The molecule has 1 aromatic carbocycles. The maximum atomic E-state index is 12.8. The van der Waals surface area contributed by atoms with Crippen LogP contribution in [0.2, 0.25) is 0 Å². The first-order valence-electron chi connectivity index (χ1n) is 9.56.